The van der Waals surface area contributed by atoms with Crippen LogP contribution >= 0.6 is 11.3 Å². The van der Waals surface area contributed by atoms with Crippen LogP contribution in [0, 0.1) is 11.8 Å². The molecule has 3 atom stereocenters. The van der Waals surface area contributed by atoms with Crippen LogP contribution in [-0.4, -0.2) is 57.1 Å². The summed E-state index contributed by atoms with van der Waals surface area (Å²) in [7, 11) is 0. The first kappa shape index (κ1) is 18.5. The first-order valence-electron chi connectivity index (χ1n) is 10.3. The number of nitrogens with zero attached hydrogens (tertiary/aromatic N) is 4. The smallest absolute Gasteiger partial charge is 0.267 e. The van der Waals surface area contributed by atoms with Crippen molar-refractivity contribution in [3.05, 3.63) is 40.0 Å². The Morgan fingerprint density at radius 2 is 2.07 bits per heavy atom. The van der Waals surface area contributed by atoms with Gasteiger partial charge in [0.15, 0.2) is 0 Å². The van der Waals surface area contributed by atoms with Gasteiger partial charge in [-0.1, -0.05) is 6.07 Å². The first-order valence-corrected chi connectivity index (χ1v) is 11.2. The van der Waals surface area contributed by atoms with Gasteiger partial charge in [0.1, 0.15) is 12.2 Å². The highest BCUT2D eigenvalue weighted by Crippen LogP contribution is 2.37. The van der Waals surface area contributed by atoms with E-state index in [1.807, 2.05) is 22.4 Å². The molecule has 3 unspecified atom stereocenters. The van der Waals surface area contributed by atoms with Gasteiger partial charge in [-0.05, 0) is 48.6 Å². The predicted octanol–water partition coefficient (Wildman–Crippen LogP) is 1.83. The zero-order valence-corrected chi connectivity index (χ0v) is 17.0. The third-order valence-electron chi connectivity index (χ3n) is 6.46. The average Bonchev–Trinajstić information content (AvgIpc) is 3.25. The molecule has 2 aromatic rings. The molecule has 0 aromatic carbocycles. The van der Waals surface area contributed by atoms with E-state index in [0.717, 1.165) is 30.7 Å². The number of amides is 2. The lowest BCUT2D eigenvalue weighted by molar-refractivity contribution is -0.149. The summed E-state index contributed by atoms with van der Waals surface area (Å²) in [5.41, 5.74) is 0.444. The Bertz CT molecular complexity index is 986. The van der Waals surface area contributed by atoms with E-state index in [1.165, 1.54) is 10.7 Å². The molecule has 152 valence electrons. The molecule has 3 fully saturated rings. The number of hydrogen-bond donors (Lipinski definition) is 0. The van der Waals surface area contributed by atoms with Crippen LogP contribution in [0.15, 0.2) is 34.4 Å². The summed E-state index contributed by atoms with van der Waals surface area (Å²) >= 11 is 1.55. The second-order valence-electron chi connectivity index (χ2n) is 8.36. The summed E-state index contributed by atoms with van der Waals surface area (Å²) in [5.74, 6) is 0.890. The molecule has 5 rings (SSSR count). The Balaban J connectivity index is 1.32. The van der Waals surface area contributed by atoms with E-state index in [0.29, 0.717) is 37.0 Å². The van der Waals surface area contributed by atoms with Gasteiger partial charge in [-0.15, -0.1) is 11.3 Å². The van der Waals surface area contributed by atoms with E-state index in [9.17, 15) is 14.4 Å². The number of rotatable bonds is 3. The normalized spacial score (nSPS) is 26.3. The van der Waals surface area contributed by atoms with Crippen LogP contribution in [0.25, 0.3) is 10.6 Å². The van der Waals surface area contributed by atoms with Crippen LogP contribution in [-0.2, 0) is 16.1 Å². The molecule has 0 saturated carbocycles. The van der Waals surface area contributed by atoms with Gasteiger partial charge in [-0.3, -0.25) is 14.4 Å². The van der Waals surface area contributed by atoms with E-state index < -0.39 is 0 Å². The van der Waals surface area contributed by atoms with E-state index in [-0.39, 0.29) is 30.0 Å². The fraction of sp³-hybridized carbons (Fsp3) is 0.524. The second kappa shape index (κ2) is 7.40. The molecule has 2 amide bonds. The highest BCUT2D eigenvalue weighted by molar-refractivity contribution is 7.13. The minimum atomic E-state index is -0.264. The van der Waals surface area contributed by atoms with Crippen molar-refractivity contribution in [2.24, 2.45) is 11.8 Å². The van der Waals surface area contributed by atoms with Gasteiger partial charge in [0, 0.05) is 38.2 Å². The topological polar surface area (TPSA) is 75.5 Å². The largest absolute Gasteiger partial charge is 0.340 e. The van der Waals surface area contributed by atoms with Gasteiger partial charge >= 0.3 is 0 Å². The molecule has 0 aliphatic carbocycles. The van der Waals surface area contributed by atoms with E-state index in [4.69, 9.17) is 0 Å². The Morgan fingerprint density at radius 1 is 1.17 bits per heavy atom. The van der Waals surface area contributed by atoms with Gasteiger partial charge < -0.3 is 9.80 Å². The molecule has 3 aliphatic rings. The fourth-order valence-corrected chi connectivity index (χ4v) is 5.85. The monoisotopic (exact) mass is 412 g/mol. The Hall–Kier alpha value is -2.48. The number of fused-ring (bicyclic) bond motifs is 4. The Kier molecular flexibility index (Phi) is 4.73. The highest BCUT2D eigenvalue weighted by atomic mass is 32.1. The molecular formula is C21H24N4O3S. The van der Waals surface area contributed by atoms with Gasteiger partial charge in [-0.2, -0.15) is 5.10 Å². The summed E-state index contributed by atoms with van der Waals surface area (Å²) in [6.07, 6.45) is 3.73. The lowest BCUT2D eigenvalue weighted by Crippen LogP contribution is -2.61. The van der Waals surface area contributed by atoms with Crippen LogP contribution in [0.5, 0.6) is 0 Å². The minimum absolute atomic E-state index is 0.0369. The van der Waals surface area contributed by atoms with Crippen LogP contribution in [0.1, 0.15) is 25.7 Å². The molecule has 2 bridgehead atoms. The van der Waals surface area contributed by atoms with E-state index in [2.05, 4.69) is 10.00 Å². The third kappa shape index (κ3) is 3.50. The number of carbonyl (C=O) groups excluding carboxylic acids is 2. The van der Waals surface area contributed by atoms with Crippen molar-refractivity contribution in [3.8, 4) is 10.6 Å². The lowest BCUT2D eigenvalue weighted by Gasteiger charge is -2.52. The van der Waals surface area contributed by atoms with Crippen molar-refractivity contribution in [3.63, 3.8) is 0 Å². The summed E-state index contributed by atoms with van der Waals surface area (Å²) < 4.78 is 1.28. The maximum absolute atomic E-state index is 13.0. The van der Waals surface area contributed by atoms with Crippen LogP contribution in [0.4, 0.5) is 0 Å². The van der Waals surface area contributed by atoms with E-state index in [1.54, 1.807) is 17.4 Å². The lowest BCUT2D eigenvalue weighted by atomic mass is 9.76. The average molecular weight is 413 g/mol. The zero-order valence-electron chi connectivity index (χ0n) is 16.2. The SMILES string of the molecule is O=C(Cn1nc(-c2cccs2)ccc1=O)N1CC2CC(C1)C1CCCC(=O)N1C2. The quantitative estimate of drug-likeness (QED) is 0.771. The van der Waals surface area contributed by atoms with Crippen molar-refractivity contribution in [2.45, 2.75) is 38.3 Å². The van der Waals surface area contributed by atoms with Crippen molar-refractivity contribution < 1.29 is 9.59 Å². The zero-order chi connectivity index (χ0) is 20.0. The van der Waals surface area contributed by atoms with Gasteiger partial charge in [0.25, 0.3) is 5.56 Å². The molecule has 3 saturated heterocycles. The van der Waals surface area contributed by atoms with Crippen LogP contribution in [0.2, 0.25) is 0 Å². The van der Waals surface area contributed by atoms with Gasteiger partial charge in [0.05, 0.1) is 4.88 Å². The molecule has 0 radical (unpaired) electrons. The molecule has 7 nitrogen and oxygen atoms in total. The van der Waals surface area contributed by atoms with Crippen LogP contribution in [0.3, 0.4) is 0 Å². The van der Waals surface area contributed by atoms with Crippen molar-refractivity contribution in [2.75, 3.05) is 19.6 Å². The summed E-state index contributed by atoms with van der Waals surface area (Å²) in [6, 6.07) is 7.34. The third-order valence-corrected chi connectivity index (χ3v) is 7.35. The molecule has 2 aromatic heterocycles. The molecule has 0 spiro atoms. The van der Waals surface area contributed by atoms with Gasteiger partial charge in [-0.25, -0.2) is 4.68 Å². The van der Waals surface area contributed by atoms with E-state index >= 15 is 0 Å². The predicted molar refractivity (Wildman–Crippen MR) is 109 cm³/mol. The Labute approximate surface area is 172 Å². The molecule has 29 heavy (non-hydrogen) atoms. The van der Waals surface area contributed by atoms with Crippen LogP contribution < -0.4 is 5.56 Å². The summed E-state index contributed by atoms with van der Waals surface area (Å²) in [4.78, 5) is 42.5. The molecular weight excluding hydrogens is 388 g/mol. The second-order valence-corrected chi connectivity index (χ2v) is 9.31. The fourth-order valence-electron chi connectivity index (χ4n) is 5.16. The minimum Gasteiger partial charge on any atom is -0.340 e. The maximum Gasteiger partial charge on any atom is 0.267 e. The first-order chi connectivity index (χ1) is 14.1. The molecule has 5 heterocycles. The number of aromatic nitrogens is 2. The van der Waals surface area contributed by atoms with Gasteiger partial charge in [0.2, 0.25) is 11.8 Å². The molecule has 3 aliphatic heterocycles. The number of carbonyl (C=O) groups is 2. The number of piperidine rings is 3. The summed E-state index contributed by atoms with van der Waals surface area (Å²) in [6.45, 7) is 2.05. The number of hydrogen-bond acceptors (Lipinski definition) is 5. The highest BCUT2D eigenvalue weighted by Gasteiger charge is 2.44. The van der Waals surface area contributed by atoms with Crippen molar-refractivity contribution in [1.29, 1.82) is 0 Å². The number of likely N-dealkylation sites (tertiary alicyclic amines) is 1. The van der Waals surface area contributed by atoms with Crippen molar-refractivity contribution in [1.82, 2.24) is 19.6 Å². The molecule has 8 heteroatoms. The number of thiophene rings is 1. The standard InChI is InChI=1S/C21H24N4O3S/c26-19-5-1-3-17-15-9-14(11-24(17)19)10-23(12-15)21(28)13-25-20(27)7-6-16(22-25)18-4-2-8-29-18/h2,4,6-8,14-15,17H,1,3,5,9-13H2. The summed E-state index contributed by atoms with van der Waals surface area (Å²) in [5, 5.41) is 6.37. The van der Waals surface area contributed by atoms with Crippen molar-refractivity contribution >= 4 is 23.2 Å². The maximum atomic E-state index is 13.0. The molecule has 0 N–H and O–H groups in total. The Morgan fingerprint density at radius 3 is 2.90 bits per heavy atom.